The Hall–Kier alpha value is -2.69. The number of morpholine rings is 1. The Bertz CT molecular complexity index is 828. The number of pyridine rings is 1. The molecule has 1 saturated heterocycles. The third-order valence-corrected chi connectivity index (χ3v) is 4.14. The summed E-state index contributed by atoms with van der Waals surface area (Å²) in [6, 6.07) is 7.40. The van der Waals surface area contributed by atoms with Gasteiger partial charge in [0.1, 0.15) is 11.4 Å². The molecule has 2 aromatic rings. The molecule has 2 aromatic heterocycles. The minimum Gasteiger partial charge on any atom is -0.379 e. The molecule has 0 atom stereocenters. The van der Waals surface area contributed by atoms with Gasteiger partial charge in [0.2, 0.25) is 0 Å². The lowest BCUT2D eigenvalue weighted by atomic mass is 10.3. The number of aromatic nitrogens is 3. The Morgan fingerprint density at radius 2 is 2.12 bits per heavy atom. The Kier molecular flexibility index (Phi) is 6.00. The van der Waals surface area contributed by atoms with Crippen LogP contribution in [0.2, 0.25) is 0 Å². The van der Waals surface area contributed by atoms with E-state index in [2.05, 4.69) is 32.1 Å². The largest absolute Gasteiger partial charge is 0.379 e. The highest BCUT2D eigenvalue weighted by molar-refractivity contribution is 5.92. The van der Waals surface area contributed by atoms with E-state index in [1.54, 1.807) is 17.8 Å². The molecule has 136 valence electrons. The van der Waals surface area contributed by atoms with E-state index in [1.165, 1.54) is 0 Å². The lowest BCUT2D eigenvalue weighted by molar-refractivity contribution is 0.0383. The van der Waals surface area contributed by atoms with Gasteiger partial charge in [-0.3, -0.25) is 14.4 Å². The molecule has 0 spiro atoms. The molecule has 0 radical (unpaired) electrons. The number of hydrogen-bond acceptors (Lipinski definition) is 5. The van der Waals surface area contributed by atoms with Gasteiger partial charge in [0, 0.05) is 45.0 Å². The summed E-state index contributed by atoms with van der Waals surface area (Å²) in [5.41, 5.74) is 2.66. The first-order valence-corrected chi connectivity index (χ1v) is 8.70. The second-order valence-corrected chi connectivity index (χ2v) is 6.16. The molecule has 0 saturated carbocycles. The van der Waals surface area contributed by atoms with Crippen molar-refractivity contribution < 1.29 is 9.53 Å². The summed E-state index contributed by atoms with van der Waals surface area (Å²) < 4.78 is 6.93. The number of nitrogens with zero attached hydrogens (tertiary/aromatic N) is 4. The molecule has 7 nitrogen and oxygen atoms in total. The minimum atomic E-state index is -0.185. The highest BCUT2D eigenvalue weighted by Crippen LogP contribution is 2.03. The van der Waals surface area contributed by atoms with E-state index in [4.69, 9.17) is 4.74 Å². The van der Waals surface area contributed by atoms with Crippen LogP contribution >= 0.6 is 0 Å². The predicted octanol–water partition coefficient (Wildman–Crippen LogP) is 0.585. The summed E-state index contributed by atoms with van der Waals surface area (Å²) >= 11 is 0. The minimum absolute atomic E-state index is 0.185. The predicted molar refractivity (Wildman–Crippen MR) is 97.8 cm³/mol. The van der Waals surface area contributed by atoms with Crippen LogP contribution in [0.3, 0.4) is 0 Å². The van der Waals surface area contributed by atoms with Gasteiger partial charge in [0.25, 0.3) is 5.91 Å². The Morgan fingerprint density at radius 1 is 1.31 bits per heavy atom. The number of ether oxygens (including phenoxy) is 1. The molecule has 0 bridgehead atoms. The quantitative estimate of drug-likeness (QED) is 0.815. The van der Waals surface area contributed by atoms with Crippen LogP contribution in [0.15, 0.2) is 24.3 Å². The second-order valence-electron chi connectivity index (χ2n) is 6.16. The zero-order chi connectivity index (χ0) is 18.4. The summed E-state index contributed by atoms with van der Waals surface area (Å²) in [7, 11) is 1.78. The van der Waals surface area contributed by atoms with Gasteiger partial charge in [0.15, 0.2) is 5.69 Å². The first-order chi connectivity index (χ1) is 12.6. The van der Waals surface area contributed by atoms with E-state index >= 15 is 0 Å². The summed E-state index contributed by atoms with van der Waals surface area (Å²) in [5.74, 6) is 5.85. The summed E-state index contributed by atoms with van der Waals surface area (Å²) in [5, 5.41) is 7.16. The lowest BCUT2D eigenvalue weighted by Crippen LogP contribution is -2.41. The van der Waals surface area contributed by atoms with Crippen molar-refractivity contribution in [2.24, 2.45) is 7.05 Å². The maximum absolute atomic E-state index is 12.3. The van der Waals surface area contributed by atoms with Crippen LogP contribution in [-0.2, 0) is 11.8 Å². The van der Waals surface area contributed by atoms with Gasteiger partial charge in [0.05, 0.1) is 13.2 Å². The molecule has 1 fully saturated rings. The SMILES string of the molecule is Cc1cccc(C#Cc2cc(C(=O)NCCN3CCOCC3)nn2C)n1. The van der Waals surface area contributed by atoms with Crippen molar-refractivity contribution >= 4 is 5.91 Å². The smallest absolute Gasteiger partial charge is 0.271 e. The maximum Gasteiger partial charge on any atom is 0.271 e. The number of nitrogens with one attached hydrogen (secondary N) is 1. The van der Waals surface area contributed by atoms with Crippen molar-refractivity contribution in [1.29, 1.82) is 0 Å². The number of aryl methyl sites for hydroxylation is 2. The van der Waals surface area contributed by atoms with Gasteiger partial charge in [-0.1, -0.05) is 6.07 Å². The average Bonchev–Trinajstić information content (AvgIpc) is 3.02. The van der Waals surface area contributed by atoms with Crippen LogP contribution in [0.25, 0.3) is 0 Å². The summed E-state index contributed by atoms with van der Waals surface area (Å²) in [6.07, 6.45) is 0. The van der Waals surface area contributed by atoms with Crippen molar-refractivity contribution in [3.8, 4) is 11.8 Å². The van der Waals surface area contributed by atoms with Crippen LogP contribution in [0, 0.1) is 18.8 Å². The Morgan fingerprint density at radius 3 is 2.88 bits per heavy atom. The fraction of sp³-hybridized carbons (Fsp3) is 0.421. The van der Waals surface area contributed by atoms with E-state index in [0.29, 0.717) is 23.6 Å². The molecule has 0 aliphatic carbocycles. The van der Waals surface area contributed by atoms with Gasteiger partial charge >= 0.3 is 0 Å². The van der Waals surface area contributed by atoms with Gasteiger partial charge in [-0.05, 0) is 30.9 Å². The highest BCUT2D eigenvalue weighted by Gasteiger charge is 2.13. The monoisotopic (exact) mass is 353 g/mol. The van der Waals surface area contributed by atoms with Gasteiger partial charge in [-0.2, -0.15) is 5.10 Å². The van der Waals surface area contributed by atoms with Crippen molar-refractivity contribution in [1.82, 2.24) is 25.0 Å². The lowest BCUT2D eigenvalue weighted by Gasteiger charge is -2.26. The molecule has 1 N–H and O–H groups in total. The number of carbonyl (C=O) groups excluding carboxylic acids is 1. The molecular formula is C19H23N5O2. The van der Waals surface area contributed by atoms with Crippen LogP contribution in [0.1, 0.15) is 27.6 Å². The van der Waals surface area contributed by atoms with E-state index in [1.807, 2.05) is 25.1 Å². The fourth-order valence-corrected chi connectivity index (χ4v) is 2.68. The van der Waals surface area contributed by atoms with Crippen LogP contribution in [0.4, 0.5) is 0 Å². The molecule has 1 aliphatic heterocycles. The molecule has 26 heavy (non-hydrogen) atoms. The summed E-state index contributed by atoms with van der Waals surface area (Å²) in [4.78, 5) is 18.9. The Labute approximate surface area is 153 Å². The van der Waals surface area contributed by atoms with Crippen molar-refractivity contribution in [3.05, 3.63) is 47.0 Å². The third-order valence-electron chi connectivity index (χ3n) is 4.14. The van der Waals surface area contributed by atoms with Gasteiger partial charge in [-0.25, -0.2) is 4.98 Å². The maximum atomic E-state index is 12.3. The number of rotatable bonds is 4. The van der Waals surface area contributed by atoms with Crippen LogP contribution in [-0.4, -0.2) is 65.0 Å². The van der Waals surface area contributed by atoms with E-state index in [-0.39, 0.29) is 5.91 Å². The Balaban J connectivity index is 1.57. The number of amides is 1. The molecule has 1 amide bonds. The molecule has 1 aliphatic rings. The molecule has 0 unspecified atom stereocenters. The van der Waals surface area contributed by atoms with E-state index < -0.39 is 0 Å². The average molecular weight is 353 g/mol. The summed E-state index contributed by atoms with van der Waals surface area (Å²) in [6.45, 7) is 6.66. The second kappa shape index (κ2) is 8.61. The van der Waals surface area contributed by atoms with Gasteiger partial charge < -0.3 is 10.1 Å². The zero-order valence-corrected chi connectivity index (χ0v) is 15.2. The van der Waals surface area contributed by atoms with Gasteiger partial charge in [-0.15, -0.1) is 0 Å². The van der Waals surface area contributed by atoms with Crippen molar-refractivity contribution in [2.75, 3.05) is 39.4 Å². The normalized spacial score (nSPS) is 14.5. The van der Waals surface area contributed by atoms with Crippen molar-refractivity contribution in [2.45, 2.75) is 6.92 Å². The van der Waals surface area contributed by atoms with Crippen molar-refractivity contribution in [3.63, 3.8) is 0 Å². The number of carbonyl (C=O) groups is 1. The van der Waals surface area contributed by atoms with Crippen LogP contribution in [0.5, 0.6) is 0 Å². The number of hydrogen-bond donors (Lipinski definition) is 1. The fourth-order valence-electron chi connectivity index (χ4n) is 2.68. The topological polar surface area (TPSA) is 72.3 Å². The molecule has 3 rings (SSSR count). The molecule has 3 heterocycles. The first kappa shape index (κ1) is 18.1. The molecular weight excluding hydrogens is 330 g/mol. The molecule has 7 heteroatoms. The molecule has 0 aromatic carbocycles. The van der Waals surface area contributed by atoms with Crippen LogP contribution < -0.4 is 5.32 Å². The standard InChI is InChI=1S/C19H23N5O2/c1-15-4-3-5-16(21-15)6-7-17-14-18(22-23(17)2)19(25)20-8-9-24-10-12-26-13-11-24/h3-5,14H,8-13H2,1-2H3,(H,20,25). The first-order valence-electron chi connectivity index (χ1n) is 8.70. The van der Waals surface area contributed by atoms with E-state index in [9.17, 15) is 4.79 Å². The highest BCUT2D eigenvalue weighted by atomic mass is 16.5. The zero-order valence-electron chi connectivity index (χ0n) is 15.2. The van der Waals surface area contributed by atoms with E-state index in [0.717, 1.165) is 38.5 Å². The third kappa shape index (κ3) is 4.91.